The fourth-order valence-electron chi connectivity index (χ4n) is 1.23. The van der Waals surface area contributed by atoms with E-state index in [0.29, 0.717) is 6.42 Å². The Balaban J connectivity index is 0.000000331. The van der Waals surface area contributed by atoms with Gasteiger partial charge in [0.15, 0.2) is 0 Å². The maximum absolute atomic E-state index is 10.3. The fourth-order valence-corrected chi connectivity index (χ4v) is 1.89. The van der Waals surface area contributed by atoms with Crippen LogP contribution >= 0.6 is 38.5 Å². The maximum Gasteiger partial charge on any atom is 0.305 e. The predicted octanol–water partition coefficient (Wildman–Crippen LogP) is 4.39. The lowest BCUT2D eigenvalue weighted by Crippen LogP contribution is -1.99. The van der Waals surface area contributed by atoms with Gasteiger partial charge in [-0.3, -0.25) is 4.79 Å². The van der Waals surface area contributed by atoms with Crippen molar-refractivity contribution in [2.24, 2.45) is 0 Å². The highest BCUT2D eigenvalue weighted by atomic mass is 127. The summed E-state index contributed by atoms with van der Waals surface area (Å²) in [4.78, 5) is 10.3. The van der Waals surface area contributed by atoms with E-state index in [2.05, 4.69) is 73.6 Å². The summed E-state index contributed by atoms with van der Waals surface area (Å²) in [5.41, 5.74) is 1.43. The van der Waals surface area contributed by atoms with Crippen LogP contribution in [-0.2, 0) is 16.0 Å². The molecule has 0 bridgehead atoms. The summed E-state index contributed by atoms with van der Waals surface area (Å²) in [6.45, 7) is 0. The van der Waals surface area contributed by atoms with Gasteiger partial charge < -0.3 is 4.74 Å². The van der Waals surface area contributed by atoms with Crippen LogP contribution in [0.2, 0.25) is 0 Å². The summed E-state index contributed by atoms with van der Waals surface area (Å²) >= 11 is 5.64. The molecule has 0 N–H and O–H groups in total. The summed E-state index contributed by atoms with van der Waals surface area (Å²) in [5.74, 6) is -0.110. The normalized spacial score (nSPS) is 9.28. The second kappa shape index (κ2) is 13.3. The minimum atomic E-state index is -0.110. The smallest absolute Gasteiger partial charge is 0.305 e. The molecule has 4 heteroatoms. The number of ether oxygens (including phenoxy) is 1. The van der Waals surface area contributed by atoms with Gasteiger partial charge >= 0.3 is 5.97 Å². The van der Waals surface area contributed by atoms with Crippen LogP contribution in [0.5, 0.6) is 0 Å². The van der Waals surface area contributed by atoms with Gasteiger partial charge in [-0.25, -0.2) is 0 Å². The molecule has 0 aliphatic carbocycles. The number of aryl methyl sites for hydroxylation is 1. The third-order valence-electron chi connectivity index (χ3n) is 2.18. The van der Waals surface area contributed by atoms with Crippen LogP contribution in [0.1, 0.15) is 24.8 Å². The van der Waals surface area contributed by atoms with Gasteiger partial charge in [0.2, 0.25) is 0 Å². The Morgan fingerprint density at radius 1 is 1.28 bits per heavy atom. The Hall–Kier alpha value is -0.100. The first-order chi connectivity index (χ1) is 8.74. The lowest BCUT2D eigenvalue weighted by Gasteiger charge is -1.95. The third kappa shape index (κ3) is 11.0. The number of carbonyl (C=O) groups is 1. The maximum atomic E-state index is 10.3. The summed E-state index contributed by atoms with van der Waals surface area (Å²) in [6.07, 6.45) is 3.89. The minimum absolute atomic E-state index is 0.110. The Kier molecular flexibility index (Phi) is 13.3. The molecular formula is C14H20BrIO2. The summed E-state index contributed by atoms with van der Waals surface area (Å²) < 4.78 is 5.43. The first-order valence-corrected chi connectivity index (χ1v) is 8.62. The topological polar surface area (TPSA) is 26.3 Å². The average molecular weight is 427 g/mol. The van der Waals surface area contributed by atoms with Crippen molar-refractivity contribution >= 4 is 44.5 Å². The molecule has 0 amide bonds. The standard InChI is InChI=1S/C9H11Br.C5H9IO2/c10-8-4-7-9-5-2-1-3-6-9;1-8-5(7)3-2-4-6/h1-3,5-6H,4,7-8H2;2-4H2,1H3. The van der Waals surface area contributed by atoms with Crippen molar-refractivity contribution in [2.45, 2.75) is 25.7 Å². The number of halogens is 2. The van der Waals surface area contributed by atoms with Crippen LogP contribution in [0.15, 0.2) is 30.3 Å². The van der Waals surface area contributed by atoms with Crippen molar-refractivity contribution in [1.29, 1.82) is 0 Å². The third-order valence-corrected chi connectivity index (χ3v) is 3.51. The van der Waals surface area contributed by atoms with E-state index < -0.39 is 0 Å². The number of carbonyl (C=O) groups excluding carboxylic acids is 1. The number of hydrogen-bond acceptors (Lipinski definition) is 2. The zero-order valence-electron chi connectivity index (χ0n) is 10.7. The van der Waals surface area contributed by atoms with Crippen molar-refractivity contribution in [3.05, 3.63) is 35.9 Å². The number of methoxy groups -OCH3 is 1. The van der Waals surface area contributed by atoms with E-state index in [4.69, 9.17) is 0 Å². The Bertz CT molecular complexity index is 304. The molecule has 1 aromatic rings. The van der Waals surface area contributed by atoms with E-state index in [-0.39, 0.29) is 5.97 Å². The molecular weight excluding hydrogens is 407 g/mol. The van der Waals surface area contributed by atoms with Crippen molar-refractivity contribution in [2.75, 3.05) is 16.9 Å². The molecule has 0 saturated heterocycles. The Labute approximate surface area is 132 Å². The fraction of sp³-hybridized carbons (Fsp3) is 0.500. The second-order valence-corrected chi connectivity index (χ2v) is 5.52. The Morgan fingerprint density at radius 3 is 2.44 bits per heavy atom. The van der Waals surface area contributed by atoms with Crippen LogP contribution in [0.4, 0.5) is 0 Å². The van der Waals surface area contributed by atoms with E-state index in [0.717, 1.165) is 16.2 Å². The molecule has 0 aliphatic heterocycles. The highest BCUT2D eigenvalue weighted by Crippen LogP contribution is 2.02. The van der Waals surface area contributed by atoms with Crippen molar-refractivity contribution in [1.82, 2.24) is 0 Å². The quantitative estimate of drug-likeness (QED) is 0.383. The molecule has 1 aromatic carbocycles. The molecule has 0 radical (unpaired) electrons. The largest absolute Gasteiger partial charge is 0.469 e. The van der Waals surface area contributed by atoms with E-state index >= 15 is 0 Å². The minimum Gasteiger partial charge on any atom is -0.469 e. The molecule has 0 heterocycles. The van der Waals surface area contributed by atoms with E-state index in [9.17, 15) is 4.79 Å². The van der Waals surface area contributed by atoms with E-state index in [1.807, 2.05) is 0 Å². The van der Waals surface area contributed by atoms with Gasteiger partial charge in [0.05, 0.1) is 7.11 Å². The molecule has 0 saturated carbocycles. The SMILES string of the molecule is BrCCCc1ccccc1.COC(=O)CCCI. The number of rotatable bonds is 6. The molecule has 102 valence electrons. The first kappa shape index (κ1) is 17.9. The monoisotopic (exact) mass is 426 g/mol. The van der Waals surface area contributed by atoms with E-state index in [1.54, 1.807) is 0 Å². The summed E-state index contributed by atoms with van der Waals surface area (Å²) in [6, 6.07) is 10.6. The number of esters is 1. The van der Waals surface area contributed by atoms with Gasteiger partial charge in [0.1, 0.15) is 0 Å². The van der Waals surface area contributed by atoms with Crippen molar-refractivity contribution < 1.29 is 9.53 Å². The van der Waals surface area contributed by atoms with Gasteiger partial charge in [0, 0.05) is 16.2 Å². The van der Waals surface area contributed by atoms with E-state index in [1.165, 1.54) is 25.5 Å². The van der Waals surface area contributed by atoms with Gasteiger partial charge in [-0.05, 0) is 24.8 Å². The van der Waals surface area contributed by atoms with Crippen LogP contribution in [0.25, 0.3) is 0 Å². The first-order valence-electron chi connectivity index (χ1n) is 5.97. The van der Waals surface area contributed by atoms with Gasteiger partial charge in [0.25, 0.3) is 0 Å². The Morgan fingerprint density at radius 2 is 1.94 bits per heavy atom. The van der Waals surface area contributed by atoms with Crippen molar-refractivity contribution in [3.63, 3.8) is 0 Å². The molecule has 2 nitrogen and oxygen atoms in total. The van der Waals surface area contributed by atoms with Crippen molar-refractivity contribution in [3.8, 4) is 0 Å². The zero-order chi connectivity index (χ0) is 13.6. The van der Waals surface area contributed by atoms with Gasteiger partial charge in [-0.2, -0.15) is 0 Å². The molecule has 0 aliphatic rings. The summed E-state index contributed by atoms with van der Waals surface area (Å²) in [5, 5.41) is 1.10. The average Bonchev–Trinajstić information content (AvgIpc) is 2.44. The van der Waals surface area contributed by atoms with Gasteiger partial charge in [-0.1, -0.05) is 68.9 Å². The molecule has 1 rings (SSSR count). The molecule has 0 spiro atoms. The molecule has 0 fully saturated rings. The lowest BCUT2D eigenvalue weighted by atomic mass is 10.1. The second-order valence-electron chi connectivity index (χ2n) is 3.65. The molecule has 0 aromatic heterocycles. The molecule has 0 atom stereocenters. The predicted molar refractivity (Wildman–Crippen MR) is 88.7 cm³/mol. The van der Waals surface area contributed by atoms with Crippen LogP contribution in [0, 0.1) is 0 Å². The van der Waals surface area contributed by atoms with Gasteiger partial charge in [-0.15, -0.1) is 0 Å². The van der Waals surface area contributed by atoms with Crippen LogP contribution < -0.4 is 0 Å². The number of alkyl halides is 2. The highest BCUT2D eigenvalue weighted by molar-refractivity contribution is 14.1. The molecule has 18 heavy (non-hydrogen) atoms. The number of hydrogen-bond donors (Lipinski definition) is 0. The highest BCUT2D eigenvalue weighted by Gasteiger charge is 1.95. The lowest BCUT2D eigenvalue weighted by molar-refractivity contribution is -0.140. The molecule has 0 unspecified atom stereocenters. The van der Waals surface area contributed by atoms with Crippen LogP contribution in [0.3, 0.4) is 0 Å². The zero-order valence-corrected chi connectivity index (χ0v) is 14.4. The van der Waals surface area contributed by atoms with Crippen LogP contribution in [-0.4, -0.2) is 22.8 Å². The number of benzene rings is 1. The summed E-state index contributed by atoms with van der Waals surface area (Å²) in [7, 11) is 1.41.